The molecule has 1 unspecified atom stereocenters. The molecule has 1 aliphatic rings. The quantitative estimate of drug-likeness (QED) is 0.0667. The number of imidazole rings is 1. The third-order valence-corrected chi connectivity index (χ3v) is 10.3. The minimum Gasteiger partial charge on any atom is -0.461 e. The average molecular weight is 675 g/mol. The fraction of sp³-hybridized carbons (Fsp3) is 0.341. The van der Waals surface area contributed by atoms with Crippen LogP contribution in [-0.2, 0) is 20.9 Å². The minimum absolute atomic E-state index is 0.0492. The number of para-hydroxylation sites is 2. The Morgan fingerprint density at radius 1 is 0.837 bits per heavy atom. The zero-order valence-electron chi connectivity index (χ0n) is 28.5. The van der Waals surface area contributed by atoms with Gasteiger partial charge in [0, 0.05) is 36.8 Å². The molecule has 0 N–H and O–H groups in total. The van der Waals surface area contributed by atoms with Crippen molar-refractivity contribution >= 4 is 46.0 Å². The number of piperidine rings is 1. The third-order valence-electron chi connectivity index (χ3n) is 9.23. The summed E-state index contributed by atoms with van der Waals surface area (Å²) in [6.07, 6.45) is 5.09. The molecule has 1 fully saturated rings. The third kappa shape index (κ3) is 8.54. The number of anilines is 2. The molecule has 0 bridgehead atoms. The number of carbonyl (C=O) groups is 2. The van der Waals surface area contributed by atoms with Gasteiger partial charge in [0.2, 0.25) is 5.91 Å². The molecule has 7 nitrogen and oxygen atoms in total. The van der Waals surface area contributed by atoms with E-state index < -0.39 is 5.92 Å². The summed E-state index contributed by atoms with van der Waals surface area (Å²) in [5.74, 6) is 0.0726. The van der Waals surface area contributed by atoms with Crippen molar-refractivity contribution in [2.75, 3.05) is 35.2 Å². The molecule has 1 amide bonds. The molecule has 49 heavy (non-hydrogen) atoms. The zero-order valence-corrected chi connectivity index (χ0v) is 29.4. The number of benzene rings is 4. The van der Waals surface area contributed by atoms with Gasteiger partial charge in [-0.15, -0.1) is 0 Å². The van der Waals surface area contributed by atoms with Crippen LogP contribution in [0.3, 0.4) is 0 Å². The molecular weight excluding hydrogens is 629 g/mol. The summed E-state index contributed by atoms with van der Waals surface area (Å²) in [6.45, 7) is 6.71. The average Bonchev–Trinajstić information content (AvgIpc) is 3.49. The van der Waals surface area contributed by atoms with Crippen molar-refractivity contribution in [2.24, 2.45) is 0 Å². The Kier molecular flexibility index (Phi) is 11.7. The van der Waals surface area contributed by atoms with E-state index in [2.05, 4.69) is 29.2 Å². The van der Waals surface area contributed by atoms with Gasteiger partial charge in [-0.1, -0.05) is 91.5 Å². The van der Waals surface area contributed by atoms with Gasteiger partial charge in [0.25, 0.3) is 0 Å². The molecule has 0 radical (unpaired) electrons. The normalized spacial score (nSPS) is 13.8. The van der Waals surface area contributed by atoms with Crippen molar-refractivity contribution in [3.63, 3.8) is 0 Å². The van der Waals surface area contributed by atoms with Gasteiger partial charge in [-0.2, -0.15) is 0 Å². The highest BCUT2D eigenvalue weighted by atomic mass is 32.2. The second kappa shape index (κ2) is 16.7. The highest BCUT2D eigenvalue weighted by Gasteiger charge is 2.29. The molecule has 0 aliphatic carbocycles. The van der Waals surface area contributed by atoms with E-state index in [1.165, 1.54) is 24.9 Å². The predicted octanol–water partition coefficient (Wildman–Crippen LogP) is 8.72. The van der Waals surface area contributed by atoms with Crippen molar-refractivity contribution in [1.29, 1.82) is 0 Å². The lowest BCUT2D eigenvalue weighted by atomic mass is 9.89. The smallest absolute Gasteiger partial charge is 0.326 e. The number of hydrogen-bond donors (Lipinski definition) is 0. The van der Waals surface area contributed by atoms with E-state index >= 15 is 0 Å². The van der Waals surface area contributed by atoms with Crippen molar-refractivity contribution in [1.82, 2.24) is 9.55 Å². The standard InChI is InChI=1S/C41H46N4O3S/c1-3-31(2)48-38(46)30-45-37-21-12-11-20-36(37)42-41(45)49-29-15-28-44(35-24-22-34(23-25-35)43-26-13-6-14-27-43)40(47)39(32-16-7-4-8-17-32)33-18-9-5-10-19-33/h4-5,7-12,16-25,31,39H,3,6,13-15,26-30H2,1-2H3. The molecule has 1 saturated heterocycles. The largest absolute Gasteiger partial charge is 0.461 e. The molecular formula is C41H46N4O3S. The maximum atomic E-state index is 14.7. The minimum atomic E-state index is -0.433. The van der Waals surface area contributed by atoms with Crippen LogP contribution in [0.1, 0.15) is 63.0 Å². The van der Waals surface area contributed by atoms with Crippen LogP contribution < -0.4 is 9.80 Å². The molecule has 1 aromatic heterocycles. The Morgan fingerprint density at radius 2 is 1.47 bits per heavy atom. The van der Waals surface area contributed by atoms with Crippen LogP contribution in [0, 0.1) is 0 Å². The number of esters is 1. The van der Waals surface area contributed by atoms with Gasteiger partial charge in [-0.25, -0.2) is 4.98 Å². The number of nitrogens with zero attached hydrogens (tertiary/aromatic N) is 4. The Morgan fingerprint density at radius 3 is 2.12 bits per heavy atom. The van der Waals surface area contributed by atoms with E-state index in [1.54, 1.807) is 11.8 Å². The highest BCUT2D eigenvalue weighted by Crippen LogP contribution is 2.32. The number of amides is 1. The first-order valence-electron chi connectivity index (χ1n) is 17.6. The van der Waals surface area contributed by atoms with Gasteiger partial charge in [-0.3, -0.25) is 9.59 Å². The van der Waals surface area contributed by atoms with Crippen LogP contribution >= 0.6 is 11.8 Å². The van der Waals surface area contributed by atoms with E-state index in [0.717, 1.165) is 64.7 Å². The fourth-order valence-electron chi connectivity index (χ4n) is 6.46. The van der Waals surface area contributed by atoms with Gasteiger partial charge in [-0.05, 0) is 86.6 Å². The van der Waals surface area contributed by atoms with Gasteiger partial charge in [0.05, 0.1) is 23.1 Å². The number of rotatable bonds is 14. The second-order valence-electron chi connectivity index (χ2n) is 12.7. The molecule has 1 atom stereocenters. The first kappa shape index (κ1) is 34.3. The topological polar surface area (TPSA) is 67.7 Å². The van der Waals surface area contributed by atoms with Crippen molar-refractivity contribution in [3.8, 4) is 0 Å². The van der Waals surface area contributed by atoms with Gasteiger partial charge in [0.1, 0.15) is 6.54 Å². The number of thioether (sulfide) groups is 1. The van der Waals surface area contributed by atoms with Crippen molar-refractivity contribution in [2.45, 2.75) is 69.7 Å². The van der Waals surface area contributed by atoms with Crippen LogP contribution in [0.5, 0.6) is 0 Å². The Bertz CT molecular complexity index is 1760. The Hall–Kier alpha value is -4.56. The van der Waals surface area contributed by atoms with Gasteiger partial charge >= 0.3 is 5.97 Å². The molecule has 5 aromatic rings. The summed E-state index contributed by atoms with van der Waals surface area (Å²) in [6, 6.07) is 36.5. The van der Waals surface area contributed by atoms with Gasteiger partial charge < -0.3 is 19.1 Å². The zero-order chi connectivity index (χ0) is 34.0. The van der Waals surface area contributed by atoms with E-state index in [-0.39, 0.29) is 24.5 Å². The monoisotopic (exact) mass is 674 g/mol. The molecule has 254 valence electrons. The molecule has 8 heteroatoms. The highest BCUT2D eigenvalue weighted by molar-refractivity contribution is 7.99. The lowest BCUT2D eigenvalue weighted by Crippen LogP contribution is -2.37. The molecule has 6 rings (SSSR count). The summed E-state index contributed by atoms with van der Waals surface area (Å²) in [5, 5.41) is 0.775. The Labute approximate surface area is 294 Å². The van der Waals surface area contributed by atoms with Crippen LogP contribution in [-0.4, -0.2) is 52.9 Å². The predicted molar refractivity (Wildman–Crippen MR) is 201 cm³/mol. The number of carbonyl (C=O) groups excluding carboxylic acids is 2. The van der Waals surface area contributed by atoms with E-state index in [4.69, 9.17) is 9.72 Å². The summed E-state index contributed by atoms with van der Waals surface area (Å²) in [5.41, 5.74) is 5.81. The number of hydrogen-bond acceptors (Lipinski definition) is 6. The molecule has 1 aliphatic heterocycles. The van der Waals surface area contributed by atoms with E-state index in [1.807, 2.05) is 108 Å². The summed E-state index contributed by atoms with van der Waals surface area (Å²) in [7, 11) is 0. The number of aromatic nitrogens is 2. The molecule has 0 saturated carbocycles. The fourth-order valence-corrected chi connectivity index (χ4v) is 7.40. The van der Waals surface area contributed by atoms with Crippen LogP contribution in [0.4, 0.5) is 11.4 Å². The first-order chi connectivity index (χ1) is 24.0. The van der Waals surface area contributed by atoms with Crippen molar-refractivity contribution < 1.29 is 14.3 Å². The maximum Gasteiger partial charge on any atom is 0.326 e. The Balaban J connectivity index is 1.24. The van der Waals surface area contributed by atoms with E-state index in [0.29, 0.717) is 6.54 Å². The summed E-state index contributed by atoms with van der Waals surface area (Å²) in [4.78, 5) is 36.8. The van der Waals surface area contributed by atoms with Crippen molar-refractivity contribution in [3.05, 3.63) is 120 Å². The lowest BCUT2D eigenvalue weighted by Gasteiger charge is -2.31. The molecule has 0 spiro atoms. The number of fused-ring (bicyclic) bond motifs is 1. The first-order valence-corrected chi connectivity index (χ1v) is 18.5. The van der Waals surface area contributed by atoms with Gasteiger partial charge in [0.15, 0.2) is 5.16 Å². The van der Waals surface area contributed by atoms with Crippen LogP contribution in [0.2, 0.25) is 0 Å². The van der Waals surface area contributed by atoms with Crippen LogP contribution in [0.25, 0.3) is 11.0 Å². The lowest BCUT2D eigenvalue weighted by molar-refractivity contribution is -0.149. The SMILES string of the molecule is CCC(C)OC(=O)Cn1c(SCCCN(C(=O)C(c2ccccc2)c2ccccc2)c2ccc(N3CCCCC3)cc2)nc2ccccc21. The van der Waals surface area contributed by atoms with E-state index in [9.17, 15) is 9.59 Å². The van der Waals surface area contributed by atoms with Crippen LogP contribution in [0.15, 0.2) is 114 Å². The molecule has 2 heterocycles. The second-order valence-corrected chi connectivity index (χ2v) is 13.8. The maximum absolute atomic E-state index is 14.7. The summed E-state index contributed by atoms with van der Waals surface area (Å²) < 4.78 is 7.56. The summed E-state index contributed by atoms with van der Waals surface area (Å²) >= 11 is 1.61. The number of ether oxygens (including phenoxy) is 1. The molecule has 4 aromatic carbocycles.